The van der Waals surface area contributed by atoms with Gasteiger partial charge in [-0.3, -0.25) is 0 Å². The fourth-order valence-corrected chi connectivity index (χ4v) is 1.04. The van der Waals surface area contributed by atoms with E-state index in [1.165, 1.54) is 0 Å². The van der Waals surface area contributed by atoms with Gasteiger partial charge < -0.3 is 4.74 Å². The first-order chi connectivity index (χ1) is 5.34. The number of halogens is 1. The molecule has 0 aliphatic carbocycles. The summed E-state index contributed by atoms with van der Waals surface area (Å²) in [6, 6.07) is 0. The molecule has 0 bridgehead atoms. The normalized spacial score (nSPS) is 21.7. The maximum absolute atomic E-state index is 5.05. The Bertz CT molecular complexity index is 245. The Hall–Kier alpha value is -0.480. The van der Waals surface area contributed by atoms with Gasteiger partial charge >= 0.3 is 0 Å². The zero-order valence-electron chi connectivity index (χ0n) is 5.83. The summed E-state index contributed by atoms with van der Waals surface area (Å²) < 4.78 is 5.97. The lowest BCUT2D eigenvalue weighted by atomic mass is 10.3. The third-order valence-corrected chi connectivity index (χ3v) is 1.90. The lowest BCUT2D eigenvalue weighted by Crippen LogP contribution is -1.98. The zero-order valence-corrected chi connectivity index (χ0v) is 7.41. The van der Waals surface area contributed by atoms with Gasteiger partial charge in [0.1, 0.15) is 5.82 Å². The molecule has 1 fully saturated rings. The van der Waals surface area contributed by atoms with E-state index in [-0.39, 0.29) is 0 Å². The molecule has 2 rings (SSSR count). The second-order valence-electron chi connectivity index (χ2n) is 2.48. The molecule has 1 atom stereocenters. The molecule has 3 nitrogen and oxygen atoms in total. The second-order valence-corrected chi connectivity index (χ2v) is 3.39. The lowest BCUT2D eigenvalue weighted by molar-refractivity contribution is 0.404. The van der Waals surface area contributed by atoms with Crippen LogP contribution in [0, 0.1) is 0 Å². The van der Waals surface area contributed by atoms with Gasteiger partial charge in [-0.2, -0.15) is 0 Å². The molecule has 1 saturated heterocycles. The van der Waals surface area contributed by atoms with E-state index in [0.717, 1.165) is 23.3 Å². The molecule has 0 aromatic carbocycles. The highest BCUT2D eigenvalue weighted by Crippen LogP contribution is 2.14. The molecular formula is C7H7BrN2O. The van der Waals surface area contributed by atoms with Crippen LogP contribution in [0.3, 0.4) is 0 Å². The van der Waals surface area contributed by atoms with Crippen molar-refractivity contribution < 1.29 is 4.74 Å². The molecule has 11 heavy (non-hydrogen) atoms. The van der Waals surface area contributed by atoms with Crippen molar-refractivity contribution in [1.29, 1.82) is 0 Å². The first kappa shape index (κ1) is 7.18. The average molecular weight is 215 g/mol. The average Bonchev–Trinajstić information content (AvgIpc) is 2.78. The van der Waals surface area contributed by atoms with Crippen LogP contribution in [-0.4, -0.2) is 22.7 Å². The van der Waals surface area contributed by atoms with Gasteiger partial charge in [-0.15, -0.1) is 0 Å². The van der Waals surface area contributed by atoms with Crippen LogP contribution in [0.1, 0.15) is 5.82 Å². The minimum atomic E-state index is 0.371. The smallest absolute Gasteiger partial charge is 0.130 e. The van der Waals surface area contributed by atoms with Gasteiger partial charge in [-0.1, -0.05) is 0 Å². The van der Waals surface area contributed by atoms with E-state index in [4.69, 9.17) is 4.74 Å². The first-order valence-corrected chi connectivity index (χ1v) is 4.22. The predicted molar refractivity (Wildman–Crippen MR) is 43.2 cm³/mol. The molecule has 0 N–H and O–H groups in total. The largest absolute Gasteiger partial charge is 0.373 e. The highest BCUT2D eigenvalue weighted by atomic mass is 79.9. The quantitative estimate of drug-likeness (QED) is 0.695. The molecule has 2 heterocycles. The number of hydrogen-bond acceptors (Lipinski definition) is 3. The Kier molecular flexibility index (Phi) is 1.87. The van der Waals surface area contributed by atoms with Crippen LogP contribution in [0.4, 0.5) is 0 Å². The first-order valence-electron chi connectivity index (χ1n) is 3.42. The van der Waals surface area contributed by atoms with E-state index < -0.39 is 0 Å². The van der Waals surface area contributed by atoms with Crippen LogP contribution in [0.25, 0.3) is 0 Å². The van der Waals surface area contributed by atoms with Gasteiger partial charge in [0.25, 0.3) is 0 Å². The molecule has 1 aliphatic heterocycles. The maximum Gasteiger partial charge on any atom is 0.130 e. The SMILES string of the molecule is Brc1cnc(CC2CO2)nc1. The third kappa shape index (κ3) is 1.97. The van der Waals surface area contributed by atoms with E-state index in [1.807, 2.05) is 0 Å². The third-order valence-electron chi connectivity index (χ3n) is 1.49. The summed E-state index contributed by atoms with van der Waals surface area (Å²) in [5.74, 6) is 0.857. The predicted octanol–water partition coefficient (Wildman–Crippen LogP) is 1.18. The highest BCUT2D eigenvalue weighted by molar-refractivity contribution is 9.10. The molecule has 0 saturated carbocycles. The summed E-state index contributed by atoms with van der Waals surface area (Å²) >= 11 is 3.27. The molecule has 4 heteroatoms. The minimum Gasteiger partial charge on any atom is -0.373 e. The Morgan fingerprint density at radius 1 is 1.55 bits per heavy atom. The van der Waals surface area contributed by atoms with Crippen LogP contribution >= 0.6 is 15.9 Å². The maximum atomic E-state index is 5.05. The van der Waals surface area contributed by atoms with Crippen LogP contribution < -0.4 is 0 Å². The van der Waals surface area contributed by atoms with Crippen molar-refractivity contribution in [2.24, 2.45) is 0 Å². The van der Waals surface area contributed by atoms with E-state index in [2.05, 4.69) is 25.9 Å². The minimum absolute atomic E-state index is 0.371. The molecule has 1 aromatic rings. The molecule has 0 radical (unpaired) electrons. The fourth-order valence-electron chi connectivity index (χ4n) is 0.834. The molecule has 1 aliphatic rings. The number of epoxide rings is 1. The summed E-state index contributed by atoms with van der Waals surface area (Å²) in [5, 5.41) is 0. The molecule has 0 amide bonds. The number of ether oxygens (including phenoxy) is 1. The number of aromatic nitrogens is 2. The van der Waals surface area contributed by atoms with Gasteiger partial charge in [0.2, 0.25) is 0 Å². The van der Waals surface area contributed by atoms with Crippen LogP contribution in [0.15, 0.2) is 16.9 Å². The number of nitrogens with zero attached hydrogens (tertiary/aromatic N) is 2. The topological polar surface area (TPSA) is 38.3 Å². The van der Waals surface area contributed by atoms with E-state index in [9.17, 15) is 0 Å². The van der Waals surface area contributed by atoms with E-state index in [1.54, 1.807) is 12.4 Å². The summed E-state index contributed by atoms with van der Waals surface area (Å²) in [7, 11) is 0. The van der Waals surface area contributed by atoms with Crippen molar-refractivity contribution in [3.63, 3.8) is 0 Å². The van der Waals surface area contributed by atoms with Gasteiger partial charge in [-0.25, -0.2) is 9.97 Å². The second kappa shape index (κ2) is 2.87. The monoisotopic (exact) mass is 214 g/mol. The van der Waals surface area contributed by atoms with Gasteiger partial charge in [0, 0.05) is 18.8 Å². The van der Waals surface area contributed by atoms with Crippen LogP contribution in [0.2, 0.25) is 0 Å². The number of rotatable bonds is 2. The van der Waals surface area contributed by atoms with Crippen molar-refractivity contribution in [2.75, 3.05) is 6.61 Å². The van der Waals surface area contributed by atoms with Crippen LogP contribution in [-0.2, 0) is 11.2 Å². The zero-order chi connectivity index (χ0) is 7.68. The fraction of sp³-hybridized carbons (Fsp3) is 0.429. The van der Waals surface area contributed by atoms with Crippen molar-refractivity contribution in [3.8, 4) is 0 Å². The van der Waals surface area contributed by atoms with Crippen molar-refractivity contribution in [2.45, 2.75) is 12.5 Å². The standard InChI is InChI=1S/C7H7BrN2O/c8-5-2-9-7(10-3-5)1-6-4-11-6/h2-3,6H,1,4H2. The van der Waals surface area contributed by atoms with Crippen LogP contribution in [0.5, 0.6) is 0 Å². The Balaban J connectivity index is 2.06. The Morgan fingerprint density at radius 3 is 2.73 bits per heavy atom. The summed E-state index contributed by atoms with van der Waals surface area (Å²) in [6.07, 6.45) is 4.72. The van der Waals surface area contributed by atoms with Crippen molar-refractivity contribution in [1.82, 2.24) is 9.97 Å². The van der Waals surface area contributed by atoms with Gasteiger partial charge in [0.15, 0.2) is 0 Å². The summed E-state index contributed by atoms with van der Waals surface area (Å²) in [4.78, 5) is 8.24. The number of hydrogen-bond donors (Lipinski definition) is 0. The Morgan fingerprint density at radius 2 is 2.18 bits per heavy atom. The van der Waals surface area contributed by atoms with E-state index >= 15 is 0 Å². The van der Waals surface area contributed by atoms with Gasteiger partial charge in [-0.05, 0) is 15.9 Å². The molecule has 58 valence electrons. The molecule has 0 spiro atoms. The molecule has 1 aromatic heterocycles. The van der Waals surface area contributed by atoms with E-state index in [0.29, 0.717) is 6.10 Å². The van der Waals surface area contributed by atoms with Gasteiger partial charge in [0.05, 0.1) is 17.2 Å². The van der Waals surface area contributed by atoms with Crippen molar-refractivity contribution >= 4 is 15.9 Å². The summed E-state index contributed by atoms with van der Waals surface area (Å²) in [5.41, 5.74) is 0. The molecule has 1 unspecified atom stereocenters. The highest BCUT2D eigenvalue weighted by Gasteiger charge is 2.23. The van der Waals surface area contributed by atoms with Crippen molar-refractivity contribution in [3.05, 3.63) is 22.7 Å². The lowest BCUT2D eigenvalue weighted by Gasteiger charge is -1.94. The molecular weight excluding hydrogens is 208 g/mol. The Labute approximate surface area is 72.9 Å². The summed E-state index contributed by atoms with van der Waals surface area (Å²) in [6.45, 7) is 0.861.